The number of ether oxygens (including phenoxy) is 2. The molecule has 1 aliphatic carbocycles. The van der Waals surface area contributed by atoms with E-state index in [9.17, 15) is 18.0 Å². The van der Waals surface area contributed by atoms with Gasteiger partial charge >= 0.3 is 12.3 Å². The molecule has 2 aromatic carbocycles. The van der Waals surface area contributed by atoms with Crippen LogP contribution in [0.4, 0.5) is 24.8 Å². The van der Waals surface area contributed by atoms with Crippen LogP contribution in [0.5, 0.6) is 5.75 Å². The summed E-state index contributed by atoms with van der Waals surface area (Å²) in [7, 11) is 1.38. The van der Waals surface area contributed by atoms with Gasteiger partial charge in [0.15, 0.2) is 0 Å². The largest absolute Gasteiger partial charge is 0.573 e. The van der Waals surface area contributed by atoms with Gasteiger partial charge in [-0.1, -0.05) is 20.8 Å². The molecule has 0 saturated heterocycles. The van der Waals surface area contributed by atoms with Crippen molar-refractivity contribution in [2.45, 2.75) is 72.2 Å². The highest BCUT2D eigenvalue weighted by Gasteiger charge is 2.35. The lowest BCUT2D eigenvalue weighted by Crippen LogP contribution is -2.29. The van der Waals surface area contributed by atoms with E-state index in [-0.39, 0.29) is 29.6 Å². The van der Waals surface area contributed by atoms with Crippen LogP contribution >= 0.6 is 0 Å². The molecule has 37 heavy (non-hydrogen) atoms. The lowest BCUT2D eigenvalue weighted by molar-refractivity contribution is -0.274. The number of methoxy groups -OCH3 is 1. The van der Waals surface area contributed by atoms with E-state index < -0.39 is 6.36 Å². The number of carbonyl (C=O) groups excluding carboxylic acids is 1. The molecule has 6 nitrogen and oxygen atoms in total. The lowest BCUT2D eigenvalue weighted by Gasteiger charge is -2.40. The quantitative estimate of drug-likeness (QED) is 0.329. The maximum absolute atomic E-state index is 12.6. The van der Waals surface area contributed by atoms with E-state index >= 15 is 0 Å². The fraction of sp³-hybridized carbons (Fsp3) is 0.500. The van der Waals surface area contributed by atoms with Crippen molar-refractivity contribution in [2.24, 2.45) is 11.3 Å². The number of nitrogens with one attached hydrogen (secondary N) is 1. The summed E-state index contributed by atoms with van der Waals surface area (Å²) in [6.45, 7) is 8.88. The van der Waals surface area contributed by atoms with Crippen molar-refractivity contribution in [2.75, 3.05) is 12.4 Å². The van der Waals surface area contributed by atoms with Gasteiger partial charge in [-0.2, -0.15) is 0 Å². The van der Waals surface area contributed by atoms with E-state index in [0.717, 1.165) is 41.4 Å². The fourth-order valence-electron chi connectivity index (χ4n) is 5.72. The molecule has 1 fully saturated rings. The van der Waals surface area contributed by atoms with E-state index in [4.69, 9.17) is 9.72 Å². The first-order valence-corrected chi connectivity index (χ1v) is 12.5. The molecule has 0 aliphatic heterocycles. The number of hydrogen-bond acceptors (Lipinski definition) is 5. The number of fused-ring (bicyclic) bond motifs is 1. The Bertz CT molecular complexity index is 1270. The van der Waals surface area contributed by atoms with Crippen molar-refractivity contribution in [3.63, 3.8) is 0 Å². The maximum atomic E-state index is 12.6. The summed E-state index contributed by atoms with van der Waals surface area (Å²) < 4.78 is 48.7. The Morgan fingerprint density at radius 1 is 1.19 bits per heavy atom. The molecule has 4 rings (SSSR count). The van der Waals surface area contributed by atoms with Gasteiger partial charge in [0, 0.05) is 18.2 Å². The summed E-state index contributed by atoms with van der Waals surface area (Å²) >= 11 is 0. The second kappa shape index (κ2) is 10.3. The zero-order valence-electron chi connectivity index (χ0n) is 21.9. The number of benzene rings is 2. The van der Waals surface area contributed by atoms with E-state index in [1.807, 2.05) is 13.0 Å². The number of imidazole rings is 1. The minimum absolute atomic E-state index is 0.169. The number of esters is 1. The molecule has 1 aromatic heterocycles. The molecule has 0 amide bonds. The Kier molecular flexibility index (Phi) is 7.44. The average molecular weight is 518 g/mol. The topological polar surface area (TPSA) is 65.4 Å². The van der Waals surface area contributed by atoms with Crippen molar-refractivity contribution < 1.29 is 27.4 Å². The summed E-state index contributed by atoms with van der Waals surface area (Å²) in [5, 5.41) is 3.33. The predicted octanol–water partition coefficient (Wildman–Crippen LogP) is 7.48. The third-order valence-electron chi connectivity index (χ3n) is 7.05. The number of hydrogen-bond donors (Lipinski definition) is 1. The molecule has 3 aromatic rings. The molecular weight excluding hydrogens is 483 g/mol. The average Bonchev–Trinajstić information content (AvgIpc) is 3.12. The van der Waals surface area contributed by atoms with Crippen LogP contribution in [-0.4, -0.2) is 29.0 Å². The highest BCUT2D eigenvalue weighted by Crippen LogP contribution is 2.46. The number of anilines is 2. The first-order valence-electron chi connectivity index (χ1n) is 12.5. The van der Waals surface area contributed by atoms with Gasteiger partial charge in [-0.25, -0.2) is 4.98 Å². The van der Waals surface area contributed by atoms with E-state index in [2.05, 4.69) is 41.5 Å². The van der Waals surface area contributed by atoms with Gasteiger partial charge in [0.25, 0.3) is 0 Å². The van der Waals surface area contributed by atoms with Crippen LogP contribution in [0.2, 0.25) is 0 Å². The Morgan fingerprint density at radius 3 is 2.51 bits per heavy atom. The minimum Gasteiger partial charge on any atom is -0.469 e. The van der Waals surface area contributed by atoms with E-state index in [1.54, 1.807) is 12.1 Å². The van der Waals surface area contributed by atoms with Gasteiger partial charge in [-0.05, 0) is 91.5 Å². The number of rotatable bonds is 7. The summed E-state index contributed by atoms with van der Waals surface area (Å²) in [6.07, 6.45) is -0.759. The van der Waals surface area contributed by atoms with Crippen LogP contribution in [0.1, 0.15) is 63.6 Å². The molecule has 0 bridgehead atoms. The standard InChI is InChI=1S/C28H34F3N3O3/c1-17-12-21(16-27(3,4)15-17)34-24-13-18(2)19(6-11-25(35)36-5)14-23(24)33-26(34)32-20-7-9-22(10-8-20)37-28(29,30)31/h7-10,13-14,17,21H,6,11-12,15-16H2,1-5H3,(H,32,33)/t17-,21?/m0/s1. The highest BCUT2D eigenvalue weighted by molar-refractivity contribution is 5.82. The molecule has 1 saturated carbocycles. The monoisotopic (exact) mass is 517 g/mol. The van der Waals surface area contributed by atoms with Gasteiger partial charge in [0.1, 0.15) is 5.75 Å². The van der Waals surface area contributed by atoms with Gasteiger partial charge in [0.05, 0.1) is 18.1 Å². The zero-order chi connectivity index (χ0) is 27.0. The molecule has 1 heterocycles. The highest BCUT2D eigenvalue weighted by atomic mass is 19.4. The van der Waals surface area contributed by atoms with Crippen LogP contribution in [0, 0.1) is 18.3 Å². The van der Waals surface area contributed by atoms with Crippen molar-refractivity contribution in [1.29, 1.82) is 0 Å². The first-order chi connectivity index (χ1) is 17.3. The van der Waals surface area contributed by atoms with Gasteiger partial charge in [-0.15, -0.1) is 13.2 Å². The Labute approximate surface area is 215 Å². The minimum atomic E-state index is -4.74. The Morgan fingerprint density at radius 2 is 1.89 bits per heavy atom. The SMILES string of the molecule is COC(=O)CCc1cc2nc(Nc3ccc(OC(F)(F)F)cc3)n(C3C[C@H](C)CC(C)(C)C3)c2cc1C. The Hall–Kier alpha value is -3.23. The van der Waals surface area contributed by atoms with Crippen molar-refractivity contribution >= 4 is 28.6 Å². The molecule has 1 unspecified atom stereocenters. The zero-order valence-corrected chi connectivity index (χ0v) is 21.9. The number of alkyl halides is 3. The maximum Gasteiger partial charge on any atom is 0.573 e. The molecule has 1 aliphatic rings. The van der Waals surface area contributed by atoms with Crippen molar-refractivity contribution in [3.05, 3.63) is 47.5 Å². The number of nitrogens with zero attached hydrogens (tertiary/aromatic N) is 2. The van der Waals surface area contributed by atoms with Crippen molar-refractivity contribution in [3.8, 4) is 5.75 Å². The van der Waals surface area contributed by atoms with Gasteiger partial charge in [-0.3, -0.25) is 4.79 Å². The van der Waals surface area contributed by atoms with Crippen LogP contribution in [-0.2, 0) is 16.0 Å². The summed E-state index contributed by atoms with van der Waals surface area (Å²) in [6, 6.07) is 10.0. The third-order valence-corrected chi connectivity index (χ3v) is 7.05. The molecule has 2 atom stereocenters. The molecule has 9 heteroatoms. The second-order valence-electron chi connectivity index (χ2n) is 10.9. The fourth-order valence-corrected chi connectivity index (χ4v) is 5.72. The first kappa shape index (κ1) is 26.8. The second-order valence-corrected chi connectivity index (χ2v) is 10.9. The van der Waals surface area contributed by atoms with Crippen LogP contribution in [0.25, 0.3) is 11.0 Å². The summed E-state index contributed by atoms with van der Waals surface area (Å²) in [4.78, 5) is 16.6. The lowest BCUT2D eigenvalue weighted by atomic mass is 9.70. The summed E-state index contributed by atoms with van der Waals surface area (Å²) in [5.74, 6) is 0.640. The molecule has 0 radical (unpaired) electrons. The normalized spacial score (nSPS) is 19.6. The Balaban J connectivity index is 1.73. The third kappa shape index (κ3) is 6.56. The number of aryl methyl sites for hydroxylation is 2. The number of aromatic nitrogens is 2. The van der Waals surface area contributed by atoms with E-state index in [0.29, 0.717) is 24.0 Å². The molecule has 0 spiro atoms. The summed E-state index contributed by atoms with van der Waals surface area (Å²) in [5.41, 5.74) is 4.68. The number of halogens is 3. The van der Waals surface area contributed by atoms with Crippen LogP contribution in [0.15, 0.2) is 36.4 Å². The molecule has 1 N–H and O–H groups in total. The van der Waals surface area contributed by atoms with E-state index in [1.165, 1.54) is 19.2 Å². The van der Waals surface area contributed by atoms with Gasteiger partial charge < -0.3 is 19.4 Å². The smallest absolute Gasteiger partial charge is 0.469 e. The molecular formula is C28H34F3N3O3. The van der Waals surface area contributed by atoms with Gasteiger partial charge in [0.2, 0.25) is 5.95 Å². The van der Waals surface area contributed by atoms with Crippen LogP contribution < -0.4 is 10.1 Å². The van der Waals surface area contributed by atoms with Crippen LogP contribution in [0.3, 0.4) is 0 Å². The predicted molar refractivity (Wildman–Crippen MR) is 137 cm³/mol. The van der Waals surface area contributed by atoms with Crippen molar-refractivity contribution in [1.82, 2.24) is 9.55 Å². The number of carbonyl (C=O) groups is 1. The molecule has 200 valence electrons.